The number of methoxy groups -OCH3 is 1. The summed E-state index contributed by atoms with van der Waals surface area (Å²) in [5.74, 6) is 0.0184. The highest BCUT2D eigenvalue weighted by atomic mass is 16.5. The Bertz CT molecular complexity index is 813. The third kappa shape index (κ3) is 5.99. The van der Waals surface area contributed by atoms with E-state index in [1.807, 2.05) is 42.5 Å². The van der Waals surface area contributed by atoms with Crippen LogP contribution in [-0.2, 0) is 14.3 Å². The van der Waals surface area contributed by atoms with Crippen LogP contribution in [-0.4, -0.2) is 25.6 Å². The Balaban J connectivity index is 1.90. The smallest absolute Gasteiger partial charge is 0.331 e. The monoisotopic (exact) mass is 367 g/mol. The van der Waals surface area contributed by atoms with Crippen molar-refractivity contribution in [3.05, 3.63) is 65.7 Å². The molecule has 0 saturated carbocycles. The van der Waals surface area contributed by atoms with Crippen LogP contribution in [0.2, 0.25) is 0 Å². The molecule has 2 aromatic carbocycles. The summed E-state index contributed by atoms with van der Waals surface area (Å²) in [6.07, 6.45) is 3.84. The molecule has 1 atom stereocenters. The van der Waals surface area contributed by atoms with E-state index in [1.165, 1.54) is 6.08 Å². The second-order valence-corrected chi connectivity index (χ2v) is 6.13. The lowest BCUT2D eigenvalue weighted by molar-refractivity contribution is -0.142. The highest BCUT2D eigenvalue weighted by Crippen LogP contribution is 2.26. The maximum Gasteiger partial charge on any atom is 0.331 e. The van der Waals surface area contributed by atoms with E-state index in [9.17, 15) is 9.59 Å². The van der Waals surface area contributed by atoms with E-state index in [2.05, 4.69) is 19.2 Å². The predicted molar refractivity (Wildman–Crippen MR) is 107 cm³/mol. The summed E-state index contributed by atoms with van der Waals surface area (Å²) in [6.45, 7) is 3.86. The van der Waals surface area contributed by atoms with Crippen molar-refractivity contribution in [2.45, 2.75) is 26.2 Å². The molecule has 2 rings (SSSR count). The molecular formula is C22H25NO4. The summed E-state index contributed by atoms with van der Waals surface area (Å²) in [5, 5.41) is 2.81. The van der Waals surface area contributed by atoms with Gasteiger partial charge in [-0.2, -0.15) is 0 Å². The van der Waals surface area contributed by atoms with Crippen LogP contribution in [0.25, 0.3) is 6.08 Å². The molecule has 5 heteroatoms. The maximum absolute atomic E-state index is 12.1. The number of esters is 1. The molecule has 2 aromatic rings. The lowest BCUT2D eigenvalue weighted by Crippen LogP contribution is -2.21. The molecule has 27 heavy (non-hydrogen) atoms. The number of nitrogens with one attached hydrogen (secondary N) is 1. The van der Waals surface area contributed by atoms with E-state index < -0.39 is 5.97 Å². The van der Waals surface area contributed by atoms with Crippen molar-refractivity contribution in [2.24, 2.45) is 0 Å². The van der Waals surface area contributed by atoms with Gasteiger partial charge in [0.05, 0.1) is 7.11 Å². The van der Waals surface area contributed by atoms with Gasteiger partial charge in [0.25, 0.3) is 5.91 Å². The number of ether oxygens (including phenoxy) is 2. The standard InChI is InChI=1S/C22H25NO4/c1-4-16(2)18-10-6-7-11-19(18)23-21(24)15-27-22(25)14-13-17-9-5-8-12-20(17)26-3/h5-14,16H,4,15H2,1-3H3,(H,23,24)/b14-13+/t16-/m1/s1. The summed E-state index contributed by atoms with van der Waals surface area (Å²) in [5.41, 5.74) is 2.57. The Labute approximate surface area is 160 Å². The molecule has 1 amide bonds. The van der Waals surface area contributed by atoms with Crippen molar-refractivity contribution >= 4 is 23.6 Å². The first-order valence-corrected chi connectivity index (χ1v) is 8.91. The van der Waals surface area contributed by atoms with Crippen LogP contribution >= 0.6 is 0 Å². The zero-order valence-corrected chi connectivity index (χ0v) is 15.9. The molecule has 0 aliphatic rings. The highest BCUT2D eigenvalue weighted by Gasteiger charge is 2.12. The average Bonchev–Trinajstić information content (AvgIpc) is 2.70. The van der Waals surface area contributed by atoms with Crippen molar-refractivity contribution in [2.75, 3.05) is 19.0 Å². The number of amides is 1. The third-order valence-electron chi connectivity index (χ3n) is 4.26. The van der Waals surface area contributed by atoms with Gasteiger partial charge in [-0.05, 0) is 36.1 Å². The van der Waals surface area contributed by atoms with E-state index in [4.69, 9.17) is 9.47 Å². The van der Waals surface area contributed by atoms with Gasteiger partial charge in [0.1, 0.15) is 5.75 Å². The lowest BCUT2D eigenvalue weighted by Gasteiger charge is -2.15. The zero-order valence-electron chi connectivity index (χ0n) is 15.9. The summed E-state index contributed by atoms with van der Waals surface area (Å²) < 4.78 is 10.2. The van der Waals surface area contributed by atoms with Gasteiger partial charge in [-0.3, -0.25) is 4.79 Å². The minimum atomic E-state index is -0.591. The molecule has 0 saturated heterocycles. The van der Waals surface area contributed by atoms with E-state index in [-0.39, 0.29) is 12.5 Å². The highest BCUT2D eigenvalue weighted by molar-refractivity contribution is 5.95. The lowest BCUT2D eigenvalue weighted by atomic mass is 9.97. The molecule has 0 heterocycles. The quantitative estimate of drug-likeness (QED) is 0.555. The number of hydrogen-bond donors (Lipinski definition) is 1. The van der Waals surface area contributed by atoms with Crippen LogP contribution in [0.15, 0.2) is 54.6 Å². The van der Waals surface area contributed by atoms with E-state index in [1.54, 1.807) is 19.3 Å². The van der Waals surface area contributed by atoms with Crippen molar-refractivity contribution in [1.82, 2.24) is 0 Å². The number of carbonyl (C=O) groups excluding carboxylic acids is 2. The van der Waals surface area contributed by atoms with Crippen LogP contribution in [0.1, 0.15) is 37.3 Å². The minimum absolute atomic E-state index is 0.327. The Kier molecular flexibility index (Phi) is 7.62. The fourth-order valence-electron chi connectivity index (χ4n) is 2.59. The molecule has 1 N–H and O–H groups in total. The number of hydrogen-bond acceptors (Lipinski definition) is 4. The number of carbonyl (C=O) groups is 2. The van der Waals surface area contributed by atoms with Gasteiger partial charge in [-0.1, -0.05) is 50.2 Å². The normalized spacial score (nSPS) is 11.8. The average molecular weight is 367 g/mol. The Hall–Kier alpha value is -3.08. The first-order valence-electron chi connectivity index (χ1n) is 8.91. The van der Waals surface area contributed by atoms with Crippen molar-refractivity contribution < 1.29 is 19.1 Å². The van der Waals surface area contributed by atoms with Gasteiger partial charge in [-0.15, -0.1) is 0 Å². The van der Waals surface area contributed by atoms with Crippen LogP contribution < -0.4 is 10.1 Å². The number of rotatable bonds is 8. The molecule has 0 spiro atoms. The Morgan fingerprint density at radius 2 is 1.81 bits per heavy atom. The van der Waals surface area contributed by atoms with Crippen LogP contribution in [0.3, 0.4) is 0 Å². The van der Waals surface area contributed by atoms with Gasteiger partial charge in [-0.25, -0.2) is 4.79 Å². The van der Waals surface area contributed by atoms with Crippen LogP contribution in [0, 0.1) is 0 Å². The van der Waals surface area contributed by atoms with E-state index in [0.29, 0.717) is 11.7 Å². The van der Waals surface area contributed by atoms with Gasteiger partial charge in [0, 0.05) is 17.3 Å². The van der Waals surface area contributed by atoms with Gasteiger partial charge in [0.15, 0.2) is 6.61 Å². The molecule has 142 valence electrons. The van der Waals surface area contributed by atoms with E-state index >= 15 is 0 Å². The molecule has 0 unspecified atom stereocenters. The molecule has 0 radical (unpaired) electrons. The Morgan fingerprint density at radius 3 is 2.56 bits per heavy atom. The van der Waals surface area contributed by atoms with Crippen molar-refractivity contribution in [3.8, 4) is 5.75 Å². The summed E-state index contributed by atoms with van der Waals surface area (Å²) in [6, 6.07) is 15.0. The van der Waals surface area contributed by atoms with Crippen LogP contribution in [0.4, 0.5) is 5.69 Å². The number of anilines is 1. The van der Waals surface area contributed by atoms with E-state index in [0.717, 1.165) is 23.2 Å². The fraction of sp³-hybridized carbons (Fsp3) is 0.273. The molecule has 0 aromatic heterocycles. The Morgan fingerprint density at radius 1 is 1.11 bits per heavy atom. The predicted octanol–water partition coefficient (Wildman–Crippen LogP) is 4.40. The second kappa shape index (κ2) is 10.2. The molecule has 0 bridgehead atoms. The van der Waals surface area contributed by atoms with Gasteiger partial charge in [0.2, 0.25) is 0 Å². The SMILES string of the molecule is CC[C@@H](C)c1ccccc1NC(=O)COC(=O)/C=C/c1ccccc1OC. The second-order valence-electron chi connectivity index (χ2n) is 6.13. The van der Waals surface area contributed by atoms with Gasteiger partial charge < -0.3 is 14.8 Å². The third-order valence-corrected chi connectivity index (χ3v) is 4.26. The topological polar surface area (TPSA) is 64.6 Å². The van der Waals surface area contributed by atoms with Crippen molar-refractivity contribution in [3.63, 3.8) is 0 Å². The van der Waals surface area contributed by atoms with Gasteiger partial charge >= 0.3 is 5.97 Å². The van der Waals surface area contributed by atoms with Crippen molar-refractivity contribution in [1.29, 1.82) is 0 Å². The summed E-state index contributed by atoms with van der Waals surface area (Å²) >= 11 is 0. The minimum Gasteiger partial charge on any atom is -0.496 e. The molecule has 5 nitrogen and oxygen atoms in total. The molecular weight excluding hydrogens is 342 g/mol. The number of benzene rings is 2. The summed E-state index contributed by atoms with van der Waals surface area (Å²) in [7, 11) is 1.56. The maximum atomic E-state index is 12.1. The van der Waals surface area contributed by atoms with Crippen LogP contribution in [0.5, 0.6) is 5.75 Å². The molecule has 0 aliphatic carbocycles. The largest absolute Gasteiger partial charge is 0.496 e. The summed E-state index contributed by atoms with van der Waals surface area (Å²) in [4.78, 5) is 24.0. The number of para-hydroxylation sites is 2. The zero-order chi connectivity index (χ0) is 19.6. The first-order chi connectivity index (χ1) is 13.0. The molecule has 0 aliphatic heterocycles. The first kappa shape index (κ1) is 20.2. The fourth-order valence-corrected chi connectivity index (χ4v) is 2.59. The molecule has 0 fully saturated rings.